The van der Waals surface area contributed by atoms with Gasteiger partial charge in [-0.3, -0.25) is 9.59 Å². The van der Waals surface area contributed by atoms with Gasteiger partial charge in [0.2, 0.25) is 0 Å². The number of nitrogens with zero attached hydrogens (tertiary/aromatic N) is 1. The first kappa shape index (κ1) is 20.1. The Labute approximate surface area is 177 Å². The van der Waals surface area contributed by atoms with Gasteiger partial charge in [-0.1, -0.05) is 61.4 Å². The molecule has 154 valence electrons. The SMILES string of the molecule is CC(=O)OC1c2c(cc(-c3ccc(C)cc3)n2-c2ccc(C)cc2)C(=O)CC1(C)C. The summed E-state index contributed by atoms with van der Waals surface area (Å²) in [7, 11) is 0. The van der Waals surface area contributed by atoms with Crippen molar-refractivity contribution in [3.05, 3.63) is 77.0 Å². The first-order valence-corrected chi connectivity index (χ1v) is 10.3. The monoisotopic (exact) mass is 401 g/mol. The number of carbonyl (C=O) groups excluding carboxylic acids is 2. The maximum Gasteiger partial charge on any atom is 0.303 e. The van der Waals surface area contributed by atoms with Crippen molar-refractivity contribution in [3.8, 4) is 16.9 Å². The average molecular weight is 402 g/mol. The average Bonchev–Trinajstić information content (AvgIpc) is 3.06. The summed E-state index contributed by atoms with van der Waals surface area (Å²) in [5.41, 5.74) is 6.11. The highest BCUT2D eigenvalue weighted by Crippen LogP contribution is 2.49. The van der Waals surface area contributed by atoms with Crippen LogP contribution in [0.5, 0.6) is 0 Å². The lowest BCUT2D eigenvalue weighted by molar-refractivity contribution is -0.154. The van der Waals surface area contributed by atoms with Gasteiger partial charge in [-0.2, -0.15) is 0 Å². The van der Waals surface area contributed by atoms with Gasteiger partial charge >= 0.3 is 5.97 Å². The van der Waals surface area contributed by atoms with Gasteiger partial charge in [0.25, 0.3) is 0 Å². The summed E-state index contributed by atoms with van der Waals surface area (Å²) >= 11 is 0. The predicted octanol–water partition coefficient (Wildman–Crippen LogP) is 5.98. The highest BCUT2D eigenvalue weighted by atomic mass is 16.5. The summed E-state index contributed by atoms with van der Waals surface area (Å²) < 4.78 is 7.91. The van der Waals surface area contributed by atoms with Crippen molar-refractivity contribution in [1.29, 1.82) is 0 Å². The van der Waals surface area contributed by atoms with Crippen LogP contribution in [0, 0.1) is 19.3 Å². The zero-order valence-electron chi connectivity index (χ0n) is 18.2. The van der Waals surface area contributed by atoms with E-state index in [9.17, 15) is 9.59 Å². The van der Waals surface area contributed by atoms with Crippen molar-refractivity contribution in [1.82, 2.24) is 4.57 Å². The van der Waals surface area contributed by atoms with E-state index in [1.165, 1.54) is 12.5 Å². The third-order valence-electron chi connectivity index (χ3n) is 5.84. The lowest BCUT2D eigenvalue weighted by Crippen LogP contribution is -2.35. The number of ether oxygens (including phenoxy) is 1. The molecule has 0 radical (unpaired) electrons. The molecule has 0 aliphatic heterocycles. The number of esters is 1. The quantitative estimate of drug-likeness (QED) is 0.507. The number of aromatic nitrogens is 1. The molecule has 1 aliphatic carbocycles. The number of fused-ring (bicyclic) bond motifs is 1. The van der Waals surface area contributed by atoms with Crippen LogP contribution in [-0.2, 0) is 9.53 Å². The fourth-order valence-electron chi connectivity index (χ4n) is 4.27. The molecule has 4 heteroatoms. The fraction of sp³-hybridized carbons (Fsp3) is 0.308. The fourth-order valence-corrected chi connectivity index (χ4v) is 4.27. The van der Waals surface area contributed by atoms with Gasteiger partial charge in [-0.15, -0.1) is 0 Å². The third-order valence-corrected chi connectivity index (χ3v) is 5.84. The van der Waals surface area contributed by atoms with E-state index in [2.05, 4.69) is 47.9 Å². The van der Waals surface area contributed by atoms with Crippen molar-refractivity contribution in [2.75, 3.05) is 0 Å². The van der Waals surface area contributed by atoms with E-state index in [1.807, 2.05) is 39.0 Å². The van der Waals surface area contributed by atoms with Crippen molar-refractivity contribution < 1.29 is 14.3 Å². The first-order chi connectivity index (χ1) is 14.2. The largest absolute Gasteiger partial charge is 0.455 e. The van der Waals surface area contributed by atoms with Crippen molar-refractivity contribution >= 4 is 11.8 Å². The molecule has 3 aromatic rings. The zero-order chi connectivity index (χ0) is 21.6. The number of rotatable bonds is 3. The van der Waals surface area contributed by atoms with Gasteiger partial charge in [-0.05, 0) is 37.6 Å². The van der Waals surface area contributed by atoms with E-state index in [-0.39, 0.29) is 11.8 Å². The van der Waals surface area contributed by atoms with E-state index in [0.29, 0.717) is 12.0 Å². The smallest absolute Gasteiger partial charge is 0.303 e. The molecular formula is C26H27NO3. The van der Waals surface area contributed by atoms with Crippen LogP contribution in [0.3, 0.4) is 0 Å². The van der Waals surface area contributed by atoms with Crippen LogP contribution in [0.15, 0.2) is 54.6 Å². The summed E-state index contributed by atoms with van der Waals surface area (Å²) in [6.45, 7) is 9.49. The zero-order valence-corrected chi connectivity index (χ0v) is 18.2. The molecule has 0 bridgehead atoms. The van der Waals surface area contributed by atoms with Crippen molar-refractivity contribution in [2.45, 2.75) is 47.1 Å². The van der Waals surface area contributed by atoms with Crippen LogP contribution in [0.25, 0.3) is 16.9 Å². The van der Waals surface area contributed by atoms with Gasteiger partial charge in [0.1, 0.15) is 6.10 Å². The minimum absolute atomic E-state index is 0.0811. The second kappa shape index (κ2) is 7.28. The Hall–Kier alpha value is -3.14. The number of Topliss-reactive ketones (excluding diaryl/α,β-unsaturated/α-hetero) is 1. The van der Waals surface area contributed by atoms with E-state index in [4.69, 9.17) is 4.74 Å². The number of ketones is 1. The van der Waals surface area contributed by atoms with Gasteiger partial charge in [0, 0.05) is 30.0 Å². The van der Waals surface area contributed by atoms with Crippen LogP contribution in [0.1, 0.15) is 60.5 Å². The molecule has 30 heavy (non-hydrogen) atoms. The molecule has 0 saturated heterocycles. The van der Waals surface area contributed by atoms with E-state index in [1.54, 1.807) is 0 Å². The van der Waals surface area contributed by atoms with Gasteiger partial charge in [0.05, 0.1) is 11.4 Å². The minimum atomic E-state index is -0.511. The number of benzene rings is 2. The topological polar surface area (TPSA) is 48.3 Å². The Morgan fingerprint density at radius 1 is 1.00 bits per heavy atom. The molecule has 1 aromatic heterocycles. The molecule has 1 atom stereocenters. The summed E-state index contributed by atoms with van der Waals surface area (Å²) in [5.74, 6) is -0.264. The Balaban J connectivity index is 2.04. The highest BCUT2D eigenvalue weighted by Gasteiger charge is 2.45. The Bertz CT molecular complexity index is 1120. The summed E-state index contributed by atoms with van der Waals surface area (Å²) in [5, 5.41) is 0. The molecule has 0 saturated carbocycles. The minimum Gasteiger partial charge on any atom is -0.455 e. The normalized spacial score (nSPS) is 17.5. The van der Waals surface area contributed by atoms with Crippen molar-refractivity contribution in [3.63, 3.8) is 0 Å². The Morgan fingerprint density at radius 3 is 2.13 bits per heavy atom. The highest BCUT2D eigenvalue weighted by molar-refractivity contribution is 6.01. The summed E-state index contributed by atoms with van der Waals surface area (Å²) in [4.78, 5) is 25.1. The molecule has 4 nitrogen and oxygen atoms in total. The summed E-state index contributed by atoms with van der Waals surface area (Å²) in [6, 6.07) is 18.4. The molecule has 2 aromatic carbocycles. The third kappa shape index (κ3) is 3.47. The van der Waals surface area contributed by atoms with Crippen LogP contribution in [0.4, 0.5) is 0 Å². The second-order valence-corrected chi connectivity index (χ2v) is 8.94. The molecular weight excluding hydrogens is 374 g/mol. The molecule has 1 aliphatic rings. The molecule has 0 fully saturated rings. The van der Waals surface area contributed by atoms with Gasteiger partial charge < -0.3 is 9.30 Å². The van der Waals surface area contributed by atoms with E-state index < -0.39 is 11.5 Å². The van der Waals surface area contributed by atoms with Gasteiger partial charge in [-0.25, -0.2) is 0 Å². The first-order valence-electron chi connectivity index (χ1n) is 10.3. The second-order valence-electron chi connectivity index (χ2n) is 8.94. The molecule has 0 spiro atoms. The number of carbonyl (C=O) groups is 2. The lowest BCUT2D eigenvalue weighted by atomic mass is 9.73. The summed E-state index contributed by atoms with van der Waals surface area (Å²) in [6.07, 6.45) is -0.174. The van der Waals surface area contributed by atoms with E-state index in [0.717, 1.165) is 28.2 Å². The molecule has 1 heterocycles. The van der Waals surface area contributed by atoms with Crippen LogP contribution in [0.2, 0.25) is 0 Å². The van der Waals surface area contributed by atoms with Gasteiger partial charge in [0.15, 0.2) is 5.78 Å². The maximum absolute atomic E-state index is 13.1. The molecule has 4 rings (SSSR count). The predicted molar refractivity (Wildman–Crippen MR) is 118 cm³/mol. The standard InChI is InChI=1S/C26H27NO3/c1-16-6-10-19(11-7-16)22-14-21-23(29)15-26(4,5)25(30-18(3)28)24(21)27(22)20-12-8-17(2)9-13-20/h6-14,25H,15H2,1-5H3. The van der Waals surface area contributed by atoms with E-state index >= 15 is 0 Å². The van der Waals surface area contributed by atoms with Crippen LogP contribution < -0.4 is 0 Å². The van der Waals surface area contributed by atoms with Crippen molar-refractivity contribution in [2.24, 2.45) is 5.41 Å². The van der Waals surface area contributed by atoms with Crippen LogP contribution in [-0.4, -0.2) is 16.3 Å². The lowest BCUT2D eigenvalue weighted by Gasteiger charge is -2.38. The molecule has 0 N–H and O–H groups in total. The number of hydrogen-bond acceptors (Lipinski definition) is 3. The number of aryl methyl sites for hydroxylation is 2. The van der Waals surface area contributed by atoms with Crippen LogP contribution >= 0.6 is 0 Å². The molecule has 1 unspecified atom stereocenters. The maximum atomic E-state index is 13.1. The number of hydrogen-bond donors (Lipinski definition) is 0. The Morgan fingerprint density at radius 2 is 1.57 bits per heavy atom. The Kier molecular flexibility index (Phi) is 4.89. The molecule has 0 amide bonds.